The van der Waals surface area contributed by atoms with E-state index in [2.05, 4.69) is 46.5 Å². The Balaban J connectivity index is 2.47. The van der Waals surface area contributed by atoms with Crippen LogP contribution in [0.5, 0.6) is 0 Å². The van der Waals surface area contributed by atoms with E-state index in [1.165, 1.54) is 0 Å². The summed E-state index contributed by atoms with van der Waals surface area (Å²) < 4.78 is 0. The maximum absolute atomic E-state index is 12.1. The third kappa shape index (κ3) is 6.24. The van der Waals surface area contributed by atoms with Crippen LogP contribution < -0.4 is 5.32 Å². The van der Waals surface area contributed by atoms with Crippen LogP contribution in [0.25, 0.3) is 0 Å². The van der Waals surface area contributed by atoms with Gasteiger partial charge in [-0.25, -0.2) is 0 Å². The molecule has 19 heavy (non-hydrogen) atoms. The van der Waals surface area contributed by atoms with Crippen molar-refractivity contribution >= 4 is 5.91 Å². The topological polar surface area (TPSA) is 32.3 Å². The second kappa shape index (κ2) is 6.08. The molecule has 3 nitrogen and oxygen atoms in total. The molecule has 0 aromatic rings. The number of rotatable bonds is 4. The summed E-state index contributed by atoms with van der Waals surface area (Å²) >= 11 is 0. The first-order valence-electron chi connectivity index (χ1n) is 7.29. The molecule has 0 atom stereocenters. The summed E-state index contributed by atoms with van der Waals surface area (Å²) in [6, 6.07) is 0. The van der Waals surface area contributed by atoms with Crippen molar-refractivity contribution in [1.82, 2.24) is 10.2 Å². The van der Waals surface area contributed by atoms with E-state index < -0.39 is 0 Å². The fraction of sp³-hybridized carbons (Fsp3) is 0.812. The Kier molecular flexibility index (Phi) is 5.19. The van der Waals surface area contributed by atoms with Crippen molar-refractivity contribution in [3.8, 4) is 0 Å². The number of nitrogens with zero attached hydrogens (tertiary/aromatic N) is 1. The van der Waals surface area contributed by atoms with Crippen LogP contribution in [0.2, 0.25) is 0 Å². The number of likely N-dealkylation sites (tertiary alicyclic amines) is 1. The summed E-state index contributed by atoms with van der Waals surface area (Å²) in [6.07, 6.45) is 2.75. The van der Waals surface area contributed by atoms with Gasteiger partial charge in [-0.2, -0.15) is 0 Å². The van der Waals surface area contributed by atoms with Crippen LogP contribution in [-0.2, 0) is 4.79 Å². The van der Waals surface area contributed by atoms with Crippen LogP contribution >= 0.6 is 0 Å². The average molecular weight is 266 g/mol. The zero-order valence-electron chi connectivity index (χ0n) is 13.3. The summed E-state index contributed by atoms with van der Waals surface area (Å²) in [5, 5.41) is 3.42. The van der Waals surface area contributed by atoms with Crippen molar-refractivity contribution < 1.29 is 4.79 Å². The second-order valence-electron chi connectivity index (χ2n) is 7.58. The van der Waals surface area contributed by atoms with Gasteiger partial charge < -0.3 is 10.2 Å². The van der Waals surface area contributed by atoms with Gasteiger partial charge in [0.15, 0.2) is 0 Å². The van der Waals surface area contributed by atoms with Crippen LogP contribution in [0.1, 0.15) is 53.9 Å². The van der Waals surface area contributed by atoms with E-state index >= 15 is 0 Å². The number of amides is 1. The fourth-order valence-corrected chi connectivity index (χ4v) is 2.17. The summed E-state index contributed by atoms with van der Waals surface area (Å²) in [5.41, 5.74) is 1.46. The molecule has 1 aliphatic rings. The van der Waals surface area contributed by atoms with Crippen LogP contribution in [0.3, 0.4) is 0 Å². The van der Waals surface area contributed by atoms with E-state index in [1.807, 2.05) is 4.90 Å². The lowest BCUT2D eigenvalue weighted by Gasteiger charge is -2.26. The molecule has 1 amide bonds. The fourth-order valence-electron chi connectivity index (χ4n) is 2.17. The highest BCUT2D eigenvalue weighted by molar-refractivity contribution is 5.76. The van der Waals surface area contributed by atoms with E-state index in [0.29, 0.717) is 13.0 Å². The Hall–Kier alpha value is -0.830. The molecule has 0 aromatic heterocycles. The normalized spacial score (nSPS) is 20.3. The van der Waals surface area contributed by atoms with Gasteiger partial charge in [0.1, 0.15) is 0 Å². The monoisotopic (exact) mass is 266 g/mol. The molecule has 0 aromatic carbocycles. The molecule has 110 valence electrons. The SMILES string of the molecule is C=C(CNC(C)(C)C)CN1CCC(C)(C)CCC1=O. The molecule has 1 fully saturated rings. The van der Waals surface area contributed by atoms with Crippen molar-refractivity contribution in [2.45, 2.75) is 59.4 Å². The van der Waals surface area contributed by atoms with E-state index in [1.54, 1.807) is 0 Å². The summed E-state index contributed by atoms with van der Waals surface area (Å²) in [4.78, 5) is 14.1. The average Bonchev–Trinajstić information content (AvgIpc) is 2.39. The van der Waals surface area contributed by atoms with Crippen LogP contribution in [0.15, 0.2) is 12.2 Å². The minimum atomic E-state index is 0.0910. The maximum atomic E-state index is 12.1. The highest BCUT2D eigenvalue weighted by atomic mass is 16.2. The quantitative estimate of drug-likeness (QED) is 0.793. The highest BCUT2D eigenvalue weighted by Gasteiger charge is 2.27. The van der Waals surface area contributed by atoms with E-state index in [-0.39, 0.29) is 16.9 Å². The Morgan fingerprint density at radius 3 is 2.58 bits per heavy atom. The number of hydrogen-bond donors (Lipinski definition) is 1. The molecule has 1 heterocycles. The maximum Gasteiger partial charge on any atom is 0.222 e. The Bertz CT molecular complexity index is 339. The summed E-state index contributed by atoms with van der Waals surface area (Å²) in [6.45, 7) is 17.3. The van der Waals surface area contributed by atoms with E-state index in [0.717, 1.165) is 31.5 Å². The third-order valence-electron chi connectivity index (χ3n) is 3.71. The molecule has 0 saturated carbocycles. The van der Waals surface area contributed by atoms with Gasteiger partial charge in [-0.05, 0) is 44.6 Å². The minimum absolute atomic E-state index is 0.0910. The standard InChI is InChI=1S/C16H30N2O/c1-13(11-17-15(2,3)4)12-18-10-9-16(5,6)8-7-14(18)19/h17H,1,7-12H2,2-6H3. The van der Waals surface area contributed by atoms with Gasteiger partial charge in [-0.1, -0.05) is 20.4 Å². The minimum Gasteiger partial charge on any atom is -0.339 e. The van der Waals surface area contributed by atoms with Gasteiger partial charge in [0.05, 0.1) is 0 Å². The predicted molar refractivity (Wildman–Crippen MR) is 81.1 cm³/mol. The van der Waals surface area contributed by atoms with Crippen LogP contribution in [-0.4, -0.2) is 36.0 Å². The third-order valence-corrected chi connectivity index (χ3v) is 3.71. The van der Waals surface area contributed by atoms with Gasteiger partial charge in [-0.15, -0.1) is 0 Å². The zero-order valence-corrected chi connectivity index (χ0v) is 13.3. The number of hydrogen-bond acceptors (Lipinski definition) is 2. The van der Waals surface area contributed by atoms with Gasteiger partial charge in [-0.3, -0.25) is 4.79 Å². The first kappa shape index (κ1) is 16.2. The summed E-state index contributed by atoms with van der Waals surface area (Å²) in [7, 11) is 0. The molecule has 0 bridgehead atoms. The lowest BCUT2D eigenvalue weighted by atomic mass is 9.85. The van der Waals surface area contributed by atoms with E-state index in [4.69, 9.17) is 0 Å². The lowest BCUT2D eigenvalue weighted by Crippen LogP contribution is -2.40. The Labute approximate surface area is 118 Å². The van der Waals surface area contributed by atoms with Crippen molar-refractivity contribution in [2.75, 3.05) is 19.6 Å². The largest absolute Gasteiger partial charge is 0.339 e. The van der Waals surface area contributed by atoms with Crippen LogP contribution in [0.4, 0.5) is 0 Å². The molecule has 3 heteroatoms. The molecule has 1 rings (SSSR count). The first-order chi connectivity index (χ1) is 8.59. The van der Waals surface area contributed by atoms with Gasteiger partial charge in [0, 0.05) is 31.6 Å². The van der Waals surface area contributed by atoms with Crippen molar-refractivity contribution in [3.05, 3.63) is 12.2 Å². The predicted octanol–water partition coefficient (Wildman–Crippen LogP) is 2.97. The Morgan fingerprint density at radius 1 is 1.37 bits per heavy atom. The van der Waals surface area contributed by atoms with Crippen molar-refractivity contribution in [2.24, 2.45) is 5.41 Å². The molecule has 1 aliphatic heterocycles. The molecular formula is C16H30N2O. The van der Waals surface area contributed by atoms with Crippen LogP contribution in [0, 0.1) is 5.41 Å². The number of carbonyl (C=O) groups excluding carboxylic acids is 1. The smallest absolute Gasteiger partial charge is 0.222 e. The number of carbonyl (C=O) groups is 1. The molecule has 1 N–H and O–H groups in total. The molecule has 0 unspecified atom stereocenters. The molecule has 0 aliphatic carbocycles. The molecule has 0 radical (unpaired) electrons. The Morgan fingerprint density at radius 2 is 2.00 bits per heavy atom. The second-order valence-corrected chi connectivity index (χ2v) is 7.58. The molecule has 1 saturated heterocycles. The number of nitrogens with one attached hydrogen (secondary N) is 1. The zero-order chi connectivity index (χ0) is 14.7. The van der Waals surface area contributed by atoms with Crippen molar-refractivity contribution in [3.63, 3.8) is 0 Å². The highest BCUT2D eigenvalue weighted by Crippen LogP contribution is 2.30. The molecule has 0 spiro atoms. The summed E-state index contributed by atoms with van der Waals surface area (Å²) in [5.74, 6) is 0.280. The van der Waals surface area contributed by atoms with Gasteiger partial charge in [0.2, 0.25) is 5.91 Å². The van der Waals surface area contributed by atoms with Gasteiger partial charge in [0.25, 0.3) is 0 Å². The van der Waals surface area contributed by atoms with Gasteiger partial charge >= 0.3 is 0 Å². The van der Waals surface area contributed by atoms with Crippen molar-refractivity contribution in [1.29, 1.82) is 0 Å². The first-order valence-corrected chi connectivity index (χ1v) is 7.29. The molecular weight excluding hydrogens is 236 g/mol. The lowest BCUT2D eigenvalue weighted by molar-refractivity contribution is -0.130. The van der Waals surface area contributed by atoms with E-state index in [9.17, 15) is 4.79 Å².